The van der Waals surface area contributed by atoms with Crippen molar-refractivity contribution in [3.63, 3.8) is 0 Å². The average Bonchev–Trinajstić information content (AvgIpc) is 3.21. The van der Waals surface area contributed by atoms with Gasteiger partial charge in [0.25, 0.3) is 0 Å². The van der Waals surface area contributed by atoms with E-state index in [9.17, 15) is 0 Å². The van der Waals surface area contributed by atoms with Crippen LogP contribution in [0.4, 0.5) is 0 Å². The van der Waals surface area contributed by atoms with Crippen molar-refractivity contribution < 1.29 is 4.74 Å². The average molecular weight is 244 g/mol. The van der Waals surface area contributed by atoms with Crippen molar-refractivity contribution in [2.75, 3.05) is 6.61 Å². The van der Waals surface area contributed by atoms with Crippen LogP contribution in [0.2, 0.25) is 0 Å². The Balaban J connectivity index is 1.89. The van der Waals surface area contributed by atoms with E-state index in [4.69, 9.17) is 10.00 Å². The molecule has 0 heterocycles. The van der Waals surface area contributed by atoms with E-state index < -0.39 is 0 Å². The number of nitrogens with one attached hydrogen (secondary N) is 1. The van der Waals surface area contributed by atoms with Crippen LogP contribution in [0.5, 0.6) is 5.75 Å². The molecular formula is C15H20N2O. The first-order valence-electron chi connectivity index (χ1n) is 6.56. The summed E-state index contributed by atoms with van der Waals surface area (Å²) in [6.07, 6.45) is 2.73. The minimum absolute atomic E-state index is 0.103. The Morgan fingerprint density at radius 2 is 2.00 bits per heavy atom. The molecule has 1 fully saturated rings. The molecule has 1 aromatic carbocycles. The van der Waals surface area contributed by atoms with Crippen molar-refractivity contribution in [2.24, 2.45) is 5.92 Å². The summed E-state index contributed by atoms with van der Waals surface area (Å²) in [7, 11) is 0. The zero-order valence-corrected chi connectivity index (χ0v) is 11.0. The Labute approximate surface area is 109 Å². The molecule has 2 atom stereocenters. The van der Waals surface area contributed by atoms with E-state index in [2.05, 4.69) is 31.3 Å². The SMILES string of the molecule is CC(NC(C)C1CC1)c1ccc(OCC#N)cc1. The summed E-state index contributed by atoms with van der Waals surface area (Å²) < 4.78 is 5.24. The van der Waals surface area contributed by atoms with Crippen LogP contribution in [-0.2, 0) is 0 Å². The van der Waals surface area contributed by atoms with Crippen LogP contribution in [0, 0.1) is 17.2 Å². The molecule has 2 unspecified atom stereocenters. The van der Waals surface area contributed by atoms with Crippen LogP contribution in [0.1, 0.15) is 38.3 Å². The van der Waals surface area contributed by atoms with Crippen LogP contribution in [0.15, 0.2) is 24.3 Å². The first kappa shape index (κ1) is 12.9. The number of benzene rings is 1. The monoisotopic (exact) mass is 244 g/mol. The molecule has 1 N–H and O–H groups in total. The number of rotatable bonds is 6. The van der Waals surface area contributed by atoms with Gasteiger partial charge in [-0.05, 0) is 50.3 Å². The summed E-state index contributed by atoms with van der Waals surface area (Å²) in [5, 5.41) is 12.1. The van der Waals surface area contributed by atoms with E-state index in [1.165, 1.54) is 18.4 Å². The standard InChI is InChI=1S/C15H20N2O/c1-11(13-3-4-13)17-12(2)14-5-7-15(8-6-14)18-10-9-16/h5-8,11-13,17H,3-4,10H2,1-2H3. The Morgan fingerprint density at radius 3 is 2.56 bits per heavy atom. The van der Waals surface area contributed by atoms with Gasteiger partial charge < -0.3 is 10.1 Å². The predicted octanol–water partition coefficient (Wildman–Crippen LogP) is 3.04. The number of hydrogen-bond donors (Lipinski definition) is 1. The zero-order chi connectivity index (χ0) is 13.0. The molecular weight excluding hydrogens is 224 g/mol. The van der Waals surface area contributed by atoms with Crippen molar-refractivity contribution in [3.05, 3.63) is 29.8 Å². The normalized spacial score (nSPS) is 17.8. The highest BCUT2D eigenvalue weighted by Gasteiger charge is 2.28. The summed E-state index contributed by atoms with van der Waals surface area (Å²) in [6.45, 7) is 4.55. The molecule has 0 radical (unpaired) electrons. The smallest absolute Gasteiger partial charge is 0.174 e. The van der Waals surface area contributed by atoms with Crippen LogP contribution in [0.25, 0.3) is 0 Å². The number of nitrogens with zero attached hydrogens (tertiary/aromatic N) is 1. The van der Waals surface area contributed by atoms with Gasteiger partial charge in [0, 0.05) is 12.1 Å². The van der Waals surface area contributed by atoms with E-state index in [1.54, 1.807) is 0 Å². The summed E-state index contributed by atoms with van der Waals surface area (Å²) in [4.78, 5) is 0. The molecule has 1 aromatic rings. The second kappa shape index (κ2) is 5.88. The van der Waals surface area contributed by atoms with Gasteiger partial charge in [-0.2, -0.15) is 5.26 Å². The molecule has 0 spiro atoms. The molecule has 1 aliphatic carbocycles. The van der Waals surface area contributed by atoms with Crippen LogP contribution >= 0.6 is 0 Å². The third kappa shape index (κ3) is 3.48. The Kier molecular flexibility index (Phi) is 4.22. The molecule has 18 heavy (non-hydrogen) atoms. The summed E-state index contributed by atoms with van der Waals surface area (Å²) in [5.41, 5.74) is 1.26. The van der Waals surface area contributed by atoms with E-state index in [0.717, 1.165) is 11.7 Å². The van der Waals surface area contributed by atoms with E-state index >= 15 is 0 Å². The molecule has 1 aliphatic rings. The largest absolute Gasteiger partial charge is 0.479 e. The summed E-state index contributed by atoms with van der Waals surface area (Å²) in [6, 6.07) is 10.9. The molecule has 1 saturated carbocycles. The molecule has 96 valence electrons. The second-order valence-corrected chi connectivity index (χ2v) is 5.03. The van der Waals surface area contributed by atoms with Crippen molar-refractivity contribution >= 4 is 0 Å². The first-order valence-corrected chi connectivity index (χ1v) is 6.56. The zero-order valence-electron chi connectivity index (χ0n) is 11.0. The number of nitriles is 1. The van der Waals surface area contributed by atoms with Gasteiger partial charge in [-0.25, -0.2) is 0 Å². The number of hydrogen-bond acceptors (Lipinski definition) is 3. The Hall–Kier alpha value is -1.53. The minimum Gasteiger partial charge on any atom is -0.479 e. The maximum atomic E-state index is 8.44. The lowest BCUT2D eigenvalue weighted by molar-refractivity contribution is 0.367. The molecule has 0 aromatic heterocycles. The molecule has 3 heteroatoms. The maximum absolute atomic E-state index is 8.44. The van der Waals surface area contributed by atoms with Gasteiger partial charge in [-0.15, -0.1) is 0 Å². The fraction of sp³-hybridized carbons (Fsp3) is 0.533. The second-order valence-electron chi connectivity index (χ2n) is 5.03. The van der Waals surface area contributed by atoms with E-state index in [1.807, 2.05) is 18.2 Å². The maximum Gasteiger partial charge on any atom is 0.174 e. The highest BCUT2D eigenvalue weighted by Crippen LogP contribution is 2.33. The molecule has 2 rings (SSSR count). The van der Waals surface area contributed by atoms with Crippen molar-refractivity contribution in [2.45, 2.75) is 38.8 Å². The van der Waals surface area contributed by atoms with Gasteiger partial charge in [-0.3, -0.25) is 0 Å². The molecule has 0 amide bonds. The lowest BCUT2D eigenvalue weighted by atomic mass is 10.1. The Morgan fingerprint density at radius 1 is 1.33 bits per heavy atom. The van der Waals surface area contributed by atoms with Gasteiger partial charge in [-0.1, -0.05) is 12.1 Å². The predicted molar refractivity (Wildman–Crippen MR) is 71.3 cm³/mol. The van der Waals surface area contributed by atoms with Crippen LogP contribution in [0.3, 0.4) is 0 Å². The van der Waals surface area contributed by atoms with Gasteiger partial charge in [0.15, 0.2) is 6.61 Å². The minimum atomic E-state index is 0.103. The first-order chi connectivity index (χ1) is 8.70. The lowest BCUT2D eigenvalue weighted by Crippen LogP contribution is -2.30. The fourth-order valence-electron chi connectivity index (χ4n) is 2.19. The van der Waals surface area contributed by atoms with Gasteiger partial charge in [0.05, 0.1) is 0 Å². The van der Waals surface area contributed by atoms with Crippen molar-refractivity contribution in [1.82, 2.24) is 5.32 Å². The van der Waals surface area contributed by atoms with Gasteiger partial charge in [0.1, 0.15) is 11.8 Å². The Bertz CT molecular complexity index is 417. The fourth-order valence-corrected chi connectivity index (χ4v) is 2.19. The highest BCUT2D eigenvalue weighted by molar-refractivity contribution is 5.29. The van der Waals surface area contributed by atoms with Crippen LogP contribution in [-0.4, -0.2) is 12.6 Å². The third-order valence-electron chi connectivity index (χ3n) is 3.53. The van der Waals surface area contributed by atoms with Crippen LogP contribution < -0.4 is 10.1 Å². The quantitative estimate of drug-likeness (QED) is 0.836. The third-order valence-corrected chi connectivity index (χ3v) is 3.53. The van der Waals surface area contributed by atoms with Gasteiger partial charge in [0.2, 0.25) is 0 Å². The van der Waals surface area contributed by atoms with E-state index in [0.29, 0.717) is 12.1 Å². The molecule has 0 aliphatic heterocycles. The summed E-state index contributed by atoms with van der Waals surface area (Å²) >= 11 is 0. The topological polar surface area (TPSA) is 45.0 Å². The van der Waals surface area contributed by atoms with Gasteiger partial charge >= 0.3 is 0 Å². The molecule has 0 bridgehead atoms. The highest BCUT2D eigenvalue weighted by atomic mass is 16.5. The lowest BCUT2D eigenvalue weighted by Gasteiger charge is -2.20. The molecule has 0 saturated heterocycles. The molecule has 3 nitrogen and oxygen atoms in total. The number of ether oxygens (including phenoxy) is 1. The summed E-state index contributed by atoms with van der Waals surface area (Å²) in [5.74, 6) is 1.62. The van der Waals surface area contributed by atoms with Crippen molar-refractivity contribution in [3.8, 4) is 11.8 Å². The van der Waals surface area contributed by atoms with E-state index in [-0.39, 0.29) is 6.61 Å². The van der Waals surface area contributed by atoms with Crippen molar-refractivity contribution in [1.29, 1.82) is 5.26 Å².